The van der Waals surface area contributed by atoms with Crippen LogP contribution in [0.2, 0.25) is 0 Å². The van der Waals surface area contributed by atoms with E-state index in [1.807, 2.05) is 54.6 Å². The molecule has 1 aliphatic rings. The van der Waals surface area contributed by atoms with E-state index in [1.165, 1.54) is 0 Å². The number of rotatable bonds is 3. The van der Waals surface area contributed by atoms with Crippen LogP contribution in [-0.2, 0) is 0 Å². The van der Waals surface area contributed by atoms with Gasteiger partial charge < -0.3 is 4.42 Å². The number of benzene rings is 3. The fourth-order valence-electron chi connectivity index (χ4n) is 4.04. The minimum absolute atomic E-state index is 0.143. The van der Waals surface area contributed by atoms with Gasteiger partial charge in [0.2, 0.25) is 0 Å². The van der Waals surface area contributed by atoms with Crippen molar-refractivity contribution in [3.8, 4) is 22.8 Å². The summed E-state index contributed by atoms with van der Waals surface area (Å²) in [6, 6.07) is 24.3. The van der Waals surface area contributed by atoms with E-state index >= 15 is 0 Å². The second-order valence-corrected chi connectivity index (χ2v) is 7.67. The number of hydrogen-bond donors (Lipinski definition) is 0. The molecule has 0 aliphatic heterocycles. The second kappa shape index (κ2) is 7.33. The first kappa shape index (κ1) is 17.8. The lowest BCUT2D eigenvalue weighted by atomic mass is 10.00. The number of aromatic nitrogens is 3. The van der Waals surface area contributed by atoms with Crippen LogP contribution < -0.4 is 0 Å². The molecule has 5 aromatic rings. The van der Waals surface area contributed by atoms with Crippen LogP contribution >= 0.6 is 0 Å². The van der Waals surface area contributed by atoms with Crippen molar-refractivity contribution in [1.29, 1.82) is 0 Å². The molecule has 0 amide bonds. The molecule has 0 N–H and O–H groups in total. The van der Waals surface area contributed by atoms with E-state index in [0.29, 0.717) is 11.6 Å². The molecule has 4 heteroatoms. The Labute approximate surface area is 179 Å². The first-order valence-electron chi connectivity index (χ1n) is 10.4. The molecular formula is C27H19N3O. The highest BCUT2D eigenvalue weighted by Gasteiger charge is 2.18. The van der Waals surface area contributed by atoms with Crippen LogP contribution in [0.3, 0.4) is 0 Å². The third kappa shape index (κ3) is 3.22. The lowest BCUT2D eigenvalue weighted by Crippen LogP contribution is -2.07. The zero-order valence-corrected chi connectivity index (χ0v) is 16.8. The van der Waals surface area contributed by atoms with Crippen molar-refractivity contribution in [1.82, 2.24) is 15.0 Å². The van der Waals surface area contributed by atoms with Gasteiger partial charge in [-0.25, -0.2) is 15.0 Å². The molecule has 0 radical (unpaired) electrons. The van der Waals surface area contributed by atoms with Crippen molar-refractivity contribution in [3.05, 3.63) is 103 Å². The fourth-order valence-corrected chi connectivity index (χ4v) is 4.04. The van der Waals surface area contributed by atoms with Gasteiger partial charge in [0, 0.05) is 27.8 Å². The summed E-state index contributed by atoms with van der Waals surface area (Å²) < 4.78 is 6.08. The summed E-state index contributed by atoms with van der Waals surface area (Å²) in [6.07, 6.45) is 9.30. The normalized spacial score (nSPS) is 15.7. The predicted octanol–water partition coefficient (Wildman–Crippen LogP) is 6.70. The number of para-hydroxylation sites is 1. The highest BCUT2D eigenvalue weighted by molar-refractivity contribution is 6.05. The Kier molecular flexibility index (Phi) is 4.20. The van der Waals surface area contributed by atoms with Gasteiger partial charge in [-0.3, -0.25) is 0 Å². The predicted molar refractivity (Wildman–Crippen MR) is 124 cm³/mol. The topological polar surface area (TPSA) is 51.8 Å². The summed E-state index contributed by atoms with van der Waals surface area (Å²) in [6.45, 7) is 0. The summed E-state index contributed by atoms with van der Waals surface area (Å²) in [4.78, 5) is 14.5. The zero-order chi connectivity index (χ0) is 20.6. The Balaban J connectivity index is 1.52. The van der Waals surface area contributed by atoms with Crippen molar-refractivity contribution < 1.29 is 4.42 Å². The maximum absolute atomic E-state index is 6.08. The van der Waals surface area contributed by atoms with Gasteiger partial charge in [-0.05, 0) is 24.6 Å². The average Bonchev–Trinajstić information content (AvgIpc) is 3.23. The zero-order valence-electron chi connectivity index (χ0n) is 16.8. The molecule has 1 unspecified atom stereocenters. The molecule has 148 valence electrons. The first-order chi connectivity index (χ1) is 15.3. The molecule has 4 nitrogen and oxygen atoms in total. The quantitative estimate of drug-likeness (QED) is 0.337. The lowest BCUT2D eigenvalue weighted by Gasteiger charge is -2.14. The highest BCUT2D eigenvalue weighted by Crippen LogP contribution is 2.32. The van der Waals surface area contributed by atoms with Gasteiger partial charge in [0.25, 0.3) is 0 Å². The van der Waals surface area contributed by atoms with Crippen molar-refractivity contribution in [2.75, 3.05) is 0 Å². The first-order valence-corrected chi connectivity index (χ1v) is 10.4. The summed E-state index contributed by atoms with van der Waals surface area (Å²) in [5.74, 6) is 2.28. The van der Waals surface area contributed by atoms with Gasteiger partial charge in [0.15, 0.2) is 11.6 Å². The van der Waals surface area contributed by atoms with Crippen LogP contribution in [0, 0.1) is 0 Å². The van der Waals surface area contributed by atoms with Gasteiger partial charge in [-0.15, -0.1) is 0 Å². The van der Waals surface area contributed by atoms with Gasteiger partial charge in [0.1, 0.15) is 17.0 Å². The Bertz CT molecular complexity index is 1460. The van der Waals surface area contributed by atoms with Crippen LogP contribution in [-0.4, -0.2) is 15.0 Å². The Morgan fingerprint density at radius 1 is 0.677 bits per heavy atom. The highest BCUT2D eigenvalue weighted by atomic mass is 16.3. The number of nitrogens with zero attached hydrogens (tertiary/aromatic N) is 3. The molecule has 6 rings (SSSR count). The molecular weight excluding hydrogens is 382 g/mol. The van der Waals surface area contributed by atoms with Gasteiger partial charge in [-0.1, -0.05) is 78.9 Å². The third-order valence-corrected chi connectivity index (χ3v) is 5.63. The van der Waals surface area contributed by atoms with Gasteiger partial charge in [-0.2, -0.15) is 0 Å². The van der Waals surface area contributed by atoms with E-state index in [1.54, 1.807) is 0 Å². The minimum atomic E-state index is 0.143. The lowest BCUT2D eigenvalue weighted by molar-refractivity contribution is 0.669. The van der Waals surface area contributed by atoms with Crippen LogP contribution in [0.4, 0.5) is 0 Å². The number of furan rings is 1. The monoisotopic (exact) mass is 401 g/mol. The molecule has 0 spiro atoms. The number of fused-ring (bicyclic) bond motifs is 3. The smallest absolute Gasteiger partial charge is 0.163 e. The summed E-state index contributed by atoms with van der Waals surface area (Å²) in [5.41, 5.74) is 3.62. The average molecular weight is 401 g/mol. The maximum atomic E-state index is 6.08. The Hall–Kier alpha value is -4.05. The fraction of sp³-hybridized carbons (Fsp3) is 0.0741. The molecule has 1 atom stereocenters. The standard InChI is InChI=1S/C27H19N3O/c1-3-9-18(10-4-1)25-28-26(19-11-5-2-6-12-19)30-27(29-25)20-15-16-22-21-13-7-8-14-23(21)31-24(22)17-20/h1-11,13-17,19H,12H2. The number of allylic oxidation sites excluding steroid dienone is 4. The summed E-state index contributed by atoms with van der Waals surface area (Å²) in [7, 11) is 0. The van der Waals surface area contributed by atoms with E-state index in [4.69, 9.17) is 19.4 Å². The molecule has 0 saturated heterocycles. The Morgan fingerprint density at radius 2 is 1.45 bits per heavy atom. The van der Waals surface area contributed by atoms with Crippen molar-refractivity contribution >= 4 is 21.9 Å². The number of hydrogen-bond acceptors (Lipinski definition) is 4. The van der Waals surface area contributed by atoms with Crippen LogP contribution in [0.5, 0.6) is 0 Å². The maximum Gasteiger partial charge on any atom is 0.163 e. The van der Waals surface area contributed by atoms with E-state index in [2.05, 4.69) is 42.5 Å². The van der Waals surface area contributed by atoms with E-state index < -0.39 is 0 Å². The van der Waals surface area contributed by atoms with E-state index in [-0.39, 0.29) is 5.92 Å². The molecule has 2 aromatic heterocycles. The second-order valence-electron chi connectivity index (χ2n) is 7.67. The Morgan fingerprint density at radius 3 is 2.29 bits per heavy atom. The molecule has 31 heavy (non-hydrogen) atoms. The minimum Gasteiger partial charge on any atom is -0.456 e. The van der Waals surface area contributed by atoms with Crippen molar-refractivity contribution in [2.24, 2.45) is 0 Å². The van der Waals surface area contributed by atoms with Crippen LogP contribution in [0.25, 0.3) is 44.7 Å². The summed E-state index contributed by atoms with van der Waals surface area (Å²) in [5, 5.41) is 2.21. The molecule has 0 saturated carbocycles. The van der Waals surface area contributed by atoms with Crippen molar-refractivity contribution in [3.63, 3.8) is 0 Å². The van der Waals surface area contributed by atoms with Gasteiger partial charge in [0.05, 0.1) is 0 Å². The SMILES string of the molecule is C1=CCC(c2nc(-c3ccccc3)nc(-c3ccc4c(c3)oc3ccccc34)n2)C=C1. The molecule has 0 bridgehead atoms. The van der Waals surface area contributed by atoms with Crippen molar-refractivity contribution in [2.45, 2.75) is 12.3 Å². The van der Waals surface area contributed by atoms with E-state index in [0.717, 1.165) is 45.3 Å². The van der Waals surface area contributed by atoms with Gasteiger partial charge >= 0.3 is 0 Å². The summed E-state index contributed by atoms with van der Waals surface area (Å²) >= 11 is 0. The molecule has 2 heterocycles. The molecule has 0 fully saturated rings. The van der Waals surface area contributed by atoms with Crippen LogP contribution in [0.1, 0.15) is 18.2 Å². The largest absolute Gasteiger partial charge is 0.456 e. The third-order valence-electron chi connectivity index (χ3n) is 5.63. The van der Waals surface area contributed by atoms with E-state index in [9.17, 15) is 0 Å². The molecule has 3 aromatic carbocycles. The van der Waals surface area contributed by atoms with Crippen LogP contribution in [0.15, 0.2) is 102 Å². The molecule has 1 aliphatic carbocycles.